The summed E-state index contributed by atoms with van der Waals surface area (Å²) in [5, 5.41) is 14.7. The maximum absolute atomic E-state index is 10.6. The van der Waals surface area contributed by atoms with Crippen molar-refractivity contribution >= 4 is 17.6 Å². The molecule has 0 fully saturated rings. The molecule has 1 N–H and O–H groups in total. The van der Waals surface area contributed by atoms with Crippen LogP contribution in [0.15, 0.2) is 60.2 Å². The van der Waals surface area contributed by atoms with Crippen LogP contribution in [0.5, 0.6) is 11.5 Å². The van der Waals surface area contributed by atoms with Crippen LogP contribution in [-0.4, -0.2) is 24.9 Å². The highest BCUT2D eigenvalue weighted by Crippen LogP contribution is 2.27. The molecule has 7 heteroatoms. The summed E-state index contributed by atoms with van der Waals surface area (Å²) in [5.41, 5.74) is 4.30. The highest BCUT2D eigenvalue weighted by Gasteiger charge is 2.05. The summed E-state index contributed by atoms with van der Waals surface area (Å²) in [4.78, 5) is 10.1. The fourth-order valence-electron chi connectivity index (χ4n) is 1.87. The lowest BCUT2D eigenvalue weighted by atomic mass is 10.2. The van der Waals surface area contributed by atoms with Crippen molar-refractivity contribution in [1.29, 1.82) is 0 Å². The third-order valence-corrected chi connectivity index (χ3v) is 3.03. The van der Waals surface area contributed by atoms with Crippen LogP contribution >= 0.6 is 0 Å². The van der Waals surface area contributed by atoms with Crippen molar-refractivity contribution in [2.75, 3.05) is 19.1 Å². The molecular weight excluding hydrogens is 310 g/mol. The van der Waals surface area contributed by atoms with Crippen LogP contribution in [0, 0.1) is 10.1 Å². The van der Waals surface area contributed by atoms with Crippen LogP contribution in [0.2, 0.25) is 0 Å². The molecule has 0 radical (unpaired) electrons. The SMILES string of the molecule is C=CCOc1ccc(/C=N/Nc2ccc([N+](=O)[O-])cc2)cc1OC. The Morgan fingerprint density at radius 3 is 2.62 bits per heavy atom. The fraction of sp³-hybridized carbons (Fsp3) is 0.118. The van der Waals surface area contributed by atoms with E-state index in [4.69, 9.17) is 9.47 Å². The third kappa shape index (κ3) is 4.57. The summed E-state index contributed by atoms with van der Waals surface area (Å²) in [6.07, 6.45) is 3.27. The van der Waals surface area contributed by atoms with Crippen LogP contribution < -0.4 is 14.9 Å². The number of nitrogens with zero attached hydrogens (tertiary/aromatic N) is 2. The van der Waals surface area contributed by atoms with Gasteiger partial charge in [0.25, 0.3) is 5.69 Å². The Morgan fingerprint density at radius 1 is 1.25 bits per heavy atom. The molecule has 0 aromatic heterocycles. The molecule has 24 heavy (non-hydrogen) atoms. The van der Waals surface area contributed by atoms with Gasteiger partial charge in [-0.05, 0) is 35.9 Å². The quantitative estimate of drug-likeness (QED) is 0.346. The van der Waals surface area contributed by atoms with Gasteiger partial charge < -0.3 is 9.47 Å². The van der Waals surface area contributed by atoms with Crippen molar-refractivity contribution < 1.29 is 14.4 Å². The molecule has 0 saturated carbocycles. The zero-order chi connectivity index (χ0) is 17.4. The molecule has 0 heterocycles. The number of benzene rings is 2. The van der Waals surface area contributed by atoms with Crippen molar-refractivity contribution in [2.45, 2.75) is 0 Å². The van der Waals surface area contributed by atoms with Gasteiger partial charge >= 0.3 is 0 Å². The molecular formula is C17H17N3O4. The largest absolute Gasteiger partial charge is 0.493 e. The van der Waals surface area contributed by atoms with Crippen molar-refractivity contribution in [1.82, 2.24) is 0 Å². The van der Waals surface area contributed by atoms with Gasteiger partial charge in [-0.1, -0.05) is 12.7 Å². The zero-order valence-electron chi connectivity index (χ0n) is 13.1. The Morgan fingerprint density at radius 2 is 2.00 bits per heavy atom. The number of hydrazone groups is 1. The van der Waals surface area contributed by atoms with Gasteiger partial charge in [0.2, 0.25) is 0 Å². The minimum Gasteiger partial charge on any atom is -0.493 e. The van der Waals surface area contributed by atoms with Gasteiger partial charge in [0, 0.05) is 12.1 Å². The van der Waals surface area contributed by atoms with E-state index in [-0.39, 0.29) is 5.69 Å². The zero-order valence-corrected chi connectivity index (χ0v) is 13.1. The molecule has 0 amide bonds. The third-order valence-electron chi connectivity index (χ3n) is 3.03. The summed E-state index contributed by atoms with van der Waals surface area (Å²) >= 11 is 0. The normalized spacial score (nSPS) is 10.4. The molecule has 0 unspecified atom stereocenters. The molecule has 0 spiro atoms. The first-order valence-electron chi connectivity index (χ1n) is 7.09. The Bertz CT molecular complexity index is 742. The van der Waals surface area contributed by atoms with Crippen LogP contribution in [0.1, 0.15) is 5.56 Å². The first-order valence-corrected chi connectivity index (χ1v) is 7.09. The van der Waals surface area contributed by atoms with E-state index < -0.39 is 4.92 Å². The van der Waals surface area contributed by atoms with Gasteiger partial charge in [0.05, 0.1) is 23.9 Å². The topological polar surface area (TPSA) is 86.0 Å². The van der Waals surface area contributed by atoms with Gasteiger partial charge in [-0.25, -0.2) is 0 Å². The summed E-state index contributed by atoms with van der Waals surface area (Å²) in [7, 11) is 1.56. The van der Waals surface area contributed by atoms with E-state index in [9.17, 15) is 10.1 Å². The number of nitro groups is 1. The smallest absolute Gasteiger partial charge is 0.269 e. The lowest BCUT2D eigenvalue weighted by molar-refractivity contribution is -0.384. The lowest BCUT2D eigenvalue weighted by Gasteiger charge is -2.09. The van der Waals surface area contributed by atoms with Gasteiger partial charge in [0.1, 0.15) is 6.61 Å². The van der Waals surface area contributed by atoms with E-state index in [1.807, 2.05) is 6.07 Å². The van der Waals surface area contributed by atoms with Crippen LogP contribution in [0.25, 0.3) is 0 Å². The second-order valence-electron chi connectivity index (χ2n) is 4.68. The minimum absolute atomic E-state index is 0.0318. The molecule has 124 valence electrons. The van der Waals surface area contributed by atoms with E-state index in [0.717, 1.165) is 5.56 Å². The van der Waals surface area contributed by atoms with Gasteiger partial charge in [-0.3, -0.25) is 15.5 Å². The van der Waals surface area contributed by atoms with Crippen LogP contribution in [0.4, 0.5) is 11.4 Å². The molecule has 0 atom stereocenters. The van der Waals surface area contributed by atoms with Crippen molar-refractivity contribution in [2.24, 2.45) is 5.10 Å². The lowest BCUT2D eigenvalue weighted by Crippen LogP contribution is -1.97. The fourth-order valence-corrected chi connectivity index (χ4v) is 1.87. The number of non-ortho nitro benzene ring substituents is 1. The first kappa shape index (κ1) is 17.0. The average molecular weight is 327 g/mol. The van der Waals surface area contributed by atoms with Crippen LogP contribution in [-0.2, 0) is 0 Å². The second-order valence-corrected chi connectivity index (χ2v) is 4.68. The number of nitrogens with one attached hydrogen (secondary N) is 1. The molecule has 0 aliphatic rings. The number of anilines is 1. The van der Waals surface area contributed by atoms with E-state index in [0.29, 0.717) is 23.8 Å². The molecule has 0 aliphatic carbocycles. The predicted molar refractivity (Wildman–Crippen MR) is 93.0 cm³/mol. The Hall–Kier alpha value is -3.35. The van der Waals surface area contributed by atoms with E-state index in [1.54, 1.807) is 43.7 Å². The Balaban J connectivity index is 2.03. The molecule has 7 nitrogen and oxygen atoms in total. The molecule has 2 aromatic rings. The molecule has 0 bridgehead atoms. The highest BCUT2D eigenvalue weighted by molar-refractivity contribution is 5.81. The molecule has 0 saturated heterocycles. The predicted octanol–water partition coefficient (Wildman–Crippen LogP) is 3.61. The number of ether oxygens (including phenoxy) is 2. The summed E-state index contributed by atoms with van der Waals surface area (Å²) in [6.45, 7) is 3.99. The van der Waals surface area contributed by atoms with Crippen molar-refractivity contribution in [3.8, 4) is 11.5 Å². The number of hydrogen-bond donors (Lipinski definition) is 1. The van der Waals surface area contributed by atoms with E-state index in [2.05, 4.69) is 17.1 Å². The van der Waals surface area contributed by atoms with Gasteiger partial charge in [-0.15, -0.1) is 0 Å². The van der Waals surface area contributed by atoms with Crippen molar-refractivity contribution in [3.63, 3.8) is 0 Å². The van der Waals surface area contributed by atoms with Crippen molar-refractivity contribution in [3.05, 3.63) is 70.8 Å². The summed E-state index contributed by atoms with van der Waals surface area (Å²) in [5.74, 6) is 1.22. The molecule has 0 aliphatic heterocycles. The van der Waals surface area contributed by atoms with Gasteiger partial charge in [-0.2, -0.15) is 5.10 Å². The second kappa shape index (κ2) is 8.33. The van der Waals surface area contributed by atoms with Gasteiger partial charge in [0.15, 0.2) is 11.5 Å². The number of nitro benzene ring substituents is 1. The van der Waals surface area contributed by atoms with E-state index in [1.165, 1.54) is 12.1 Å². The Labute approximate surface area is 139 Å². The standard InChI is InChI=1S/C17H17N3O4/c1-3-10-24-16-9-4-13(11-17(16)23-2)12-18-19-14-5-7-15(8-6-14)20(21)22/h3-9,11-12,19H,1,10H2,2H3/b18-12+. The number of rotatable bonds is 8. The maximum atomic E-state index is 10.6. The Kier molecular flexibility index (Phi) is 5.90. The number of hydrogen-bond acceptors (Lipinski definition) is 6. The molecule has 2 rings (SSSR count). The highest BCUT2D eigenvalue weighted by atomic mass is 16.6. The summed E-state index contributed by atoms with van der Waals surface area (Å²) < 4.78 is 10.8. The molecule has 2 aromatic carbocycles. The first-order chi connectivity index (χ1) is 11.6. The van der Waals surface area contributed by atoms with E-state index >= 15 is 0 Å². The van der Waals surface area contributed by atoms with Crippen LogP contribution in [0.3, 0.4) is 0 Å². The average Bonchev–Trinajstić information content (AvgIpc) is 2.60. The number of methoxy groups -OCH3 is 1. The monoisotopic (exact) mass is 327 g/mol. The summed E-state index contributed by atoms with van der Waals surface area (Å²) in [6, 6.07) is 11.4. The minimum atomic E-state index is -0.449. The maximum Gasteiger partial charge on any atom is 0.269 e.